The van der Waals surface area contributed by atoms with Gasteiger partial charge in [0, 0.05) is 29.0 Å². The predicted molar refractivity (Wildman–Crippen MR) is 113 cm³/mol. The number of ether oxygens (including phenoxy) is 1. The van der Waals surface area contributed by atoms with Gasteiger partial charge in [0.05, 0.1) is 0 Å². The van der Waals surface area contributed by atoms with E-state index in [0.29, 0.717) is 6.61 Å². The van der Waals surface area contributed by atoms with Gasteiger partial charge >= 0.3 is 0 Å². The van der Waals surface area contributed by atoms with E-state index in [2.05, 4.69) is 85.6 Å². The first-order chi connectivity index (χ1) is 11.4. The summed E-state index contributed by atoms with van der Waals surface area (Å²) in [5, 5.41) is 0. The molecule has 0 spiro atoms. The Morgan fingerprint density at radius 1 is 1.12 bits per heavy atom. The van der Waals surface area contributed by atoms with Gasteiger partial charge in [0.1, 0.15) is 5.76 Å². The van der Waals surface area contributed by atoms with Crippen LogP contribution >= 0.6 is 15.9 Å². The van der Waals surface area contributed by atoms with Crippen molar-refractivity contribution in [1.29, 1.82) is 0 Å². The van der Waals surface area contributed by atoms with Crippen LogP contribution in [0.25, 0.3) is 5.76 Å². The van der Waals surface area contributed by atoms with Gasteiger partial charge in [-0.3, -0.25) is 0 Å². The molecule has 3 nitrogen and oxygen atoms in total. The lowest BCUT2D eigenvalue weighted by Gasteiger charge is -2.27. The van der Waals surface area contributed by atoms with E-state index < -0.39 is 22.4 Å². The Balaban J connectivity index is 2.29. The van der Waals surface area contributed by atoms with Crippen LogP contribution in [-0.2, 0) is 13.6 Å². The molecule has 1 fully saturated rings. The van der Waals surface area contributed by atoms with Gasteiger partial charge in [0.2, 0.25) is 8.32 Å². The first kappa shape index (κ1) is 20.9. The third-order valence-electron chi connectivity index (χ3n) is 3.67. The zero-order valence-corrected chi connectivity index (χ0v) is 20.1. The highest BCUT2D eigenvalue weighted by Gasteiger charge is 2.58. The van der Waals surface area contributed by atoms with Gasteiger partial charge in [-0.2, -0.15) is 0 Å². The fourth-order valence-electron chi connectivity index (χ4n) is 2.82. The molecule has 0 N–H and O–H groups in total. The maximum atomic E-state index is 6.40. The summed E-state index contributed by atoms with van der Waals surface area (Å²) in [5.74, 6) is 0.745. The molecule has 0 unspecified atom stereocenters. The van der Waals surface area contributed by atoms with Crippen LogP contribution in [0.3, 0.4) is 0 Å². The lowest BCUT2D eigenvalue weighted by Crippen LogP contribution is -2.36. The Hall–Kier alpha value is -0.406. The van der Waals surface area contributed by atoms with E-state index in [-0.39, 0.29) is 5.92 Å². The van der Waals surface area contributed by atoms with Gasteiger partial charge in [0.25, 0.3) is 0 Å². The Kier molecular flexibility index (Phi) is 6.42. The van der Waals surface area contributed by atoms with Gasteiger partial charge in [-0.25, -0.2) is 0 Å². The highest BCUT2D eigenvalue weighted by molar-refractivity contribution is 9.10. The summed E-state index contributed by atoms with van der Waals surface area (Å²) in [7, 11) is -3.41. The number of rotatable bonds is 8. The Labute approximate surface area is 163 Å². The minimum Gasteiger partial charge on any atom is -0.544 e. The summed E-state index contributed by atoms with van der Waals surface area (Å²) in [4.78, 5) is 0. The second-order valence-electron chi connectivity index (χ2n) is 8.52. The van der Waals surface area contributed by atoms with Crippen molar-refractivity contribution in [3.05, 3.63) is 40.4 Å². The molecule has 0 aliphatic heterocycles. The van der Waals surface area contributed by atoms with Crippen molar-refractivity contribution >= 4 is 38.3 Å². The fraction of sp³-hybridized carbons (Fsp3) is 0.579. The van der Waals surface area contributed by atoms with Crippen LogP contribution in [0, 0.1) is 5.92 Å². The summed E-state index contributed by atoms with van der Waals surface area (Å²) >= 11 is 3.50. The Morgan fingerprint density at radius 3 is 2.20 bits per heavy atom. The van der Waals surface area contributed by atoms with Crippen molar-refractivity contribution in [2.24, 2.45) is 5.92 Å². The van der Waals surface area contributed by atoms with Crippen molar-refractivity contribution < 1.29 is 13.6 Å². The van der Waals surface area contributed by atoms with Crippen LogP contribution < -0.4 is 0 Å². The zero-order chi connectivity index (χ0) is 18.9. The molecule has 0 radical (unpaired) electrons. The van der Waals surface area contributed by atoms with Gasteiger partial charge in [-0.05, 0) is 64.4 Å². The lowest BCUT2D eigenvalue weighted by atomic mass is 10.1. The van der Waals surface area contributed by atoms with Crippen LogP contribution in [-0.4, -0.2) is 29.0 Å². The zero-order valence-electron chi connectivity index (χ0n) is 16.5. The van der Waals surface area contributed by atoms with E-state index in [4.69, 9.17) is 13.6 Å². The smallest absolute Gasteiger partial charge is 0.242 e. The standard InChI is InChI=1S/C19H31BrO3Si2/c1-8-21-19(23-25(5,6)7)14-16(19)13-18(22-24(2,3)4)15-9-11-17(20)12-10-15/h9-13,16H,8,14H2,1-7H3/b18-13-/t16-,19+/m1/s1. The molecule has 1 aromatic rings. The maximum absolute atomic E-state index is 6.40. The van der Waals surface area contributed by atoms with Crippen LogP contribution in [0.4, 0.5) is 0 Å². The first-order valence-electron chi connectivity index (χ1n) is 8.95. The molecule has 0 bridgehead atoms. The predicted octanol–water partition coefficient (Wildman–Crippen LogP) is 6.25. The van der Waals surface area contributed by atoms with E-state index in [9.17, 15) is 0 Å². The number of hydrogen-bond donors (Lipinski definition) is 0. The van der Waals surface area contributed by atoms with E-state index in [1.54, 1.807) is 0 Å². The molecule has 0 saturated heterocycles. The van der Waals surface area contributed by atoms with Crippen molar-refractivity contribution in [2.45, 2.75) is 58.4 Å². The third kappa shape index (κ3) is 6.36. The van der Waals surface area contributed by atoms with Gasteiger partial charge in [-0.1, -0.05) is 28.1 Å². The number of halogens is 1. The van der Waals surface area contributed by atoms with E-state index >= 15 is 0 Å². The Bertz CT molecular complexity index is 617. The molecule has 2 atom stereocenters. The summed E-state index contributed by atoms with van der Waals surface area (Å²) < 4.78 is 19.9. The maximum Gasteiger partial charge on any atom is 0.242 e. The SMILES string of the molecule is CCO[C@]1(O[Si](C)(C)C)C[C@H]1/C=C(\O[Si](C)(C)C)c1ccc(Br)cc1. The average Bonchev–Trinajstić information content (AvgIpc) is 3.07. The van der Waals surface area contributed by atoms with Crippen molar-refractivity contribution in [3.8, 4) is 0 Å². The summed E-state index contributed by atoms with van der Waals surface area (Å²) in [6.07, 6.45) is 3.12. The molecule has 1 aromatic carbocycles. The van der Waals surface area contributed by atoms with Crippen LogP contribution in [0.5, 0.6) is 0 Å². The largest absolute Gasteiger partial charge is 0.544 e. The summed E-state index contributed by atoms with van der Waals surface area (Å²) in [6, 6.07) is 8.30. The minimum absolute atomic E-state index is 0.245. The second kappa shape index (κ2) is 7.68. The molecule has 2 rings (SSSR count). The van der Waals surface area contributed by atoms with Gasteiger partial charge < -0.3 is 13.6 Å². The summed E-state index contributed by atoms with van der Waals surface area (Å²) in [6.45, 7) is 16.0. The van der Waals surface area contributed by atoms with E-state index in [0.717, 1.165) is 22.2 Å². The molecular weight excluding hydrogens is 412 g/mol. The van der Waals surface area contributed by atoms with Gasteiger partial charge in [-0.15, -0.1) is 0 Å². The quantitative estimate of drug-likeness (QED) is 0.270. The molecule has 6 heteroatoms. The molecule has 140 valence electrons. The monoisotopic (exact) mass is 442 g/mol. The number of hydrogen-bond acceptors (Lipinski definition) is 3. The van der Waals surface area contributed by atoms with E-state index in [1.165, 1.54) is 0 Å². The second-order valence-corrected chi connectivity index (χ2v) is 18.3. The summed E-state index contributed by atoms with van der Waals surface area (Å²) in [5.41, 5.74) is 1.11. The fourth-order valence-corrected chi connectivity index (χ4v) is 5.26. The number of benzene rings is 1. The molecule has 1 saturated carbocycles. The highest BCUT2D eigenvalue weighted by Crippen LogP contribution is 2.51. The third-order valence-corrected chi connectivity index (χ3v) is 5.99. The molecule has 1 aliphatic rings. The normalized spacial score (nSPS) is 24.3. The lowest BCUT2D eigenvalue weighted by molar-refractivity contribution is -0.114. The van der Waals surface area contributed by atoms with Crippen LogP contribution in [0.2, 0.25) is 39.3 Å². The van der Waals surface area contributed by atoms with Crippen molar-refractivity contribution in [2.75, 3.05) is 6.61 Å². The van der Waals surface area contributed by atoms with Crippen molar-refractivity contribution in [3.63, 3.8) is 0 Å². The molecule has 1 aliphatic carbocycles. The van der Waals surface area contributed by atoms with Gasteiger partial charge in [0.15, 0.2) is 14.1 Å². The topological polar surface area (TPSA) is 27.7 Å². The van der Waals surface area contributed by atoms with Crippen molar-refractivity contribution in [1.82, 2.24) is 0 Å². The first-order valence-corrected chi connectivity index (χ1v) is 16.6. The average molecular weight is 444 g/mol. The molecular formula is C19H31BrO3Si2. The molecule has 0 aromatic heterocycles. The highest BCUT2D eigenvalue weighted by atomic mass is 79.9. The van der Waals surface area contributed by atoms with Crippen LogP contribution in [0.1, 0.15) is 18.9 Å². The van der Waals surface area contributed by atoms with E-state index in [1.807, 2.05) is 6.92 Å². The molecule has 0 heterocycles. The minimum atomic E-state index is -1.72. The van der Waals surface area contributed by atoms with Crippen LogP contribution in [0.15, 0.2) is 34.8 Å². The molecule has 25 heavy (non-hydrogen) atoms. The molecule has 0 amide bonds. The Morgan fingerprint density at radius 2 is 1.72 bits per heavy atom.